The molecule has 0 spiro atoms. The zero-order valence-electron chi connectivity index (χ0n) is 13.3. The first-order valence-corrected chi connectivity index (χ1v) is 8.39. The second kappa shape index (κ2) is 7.26. The van der Waals surface area contributed by atoms with Crippen LogP contribution in [0.4, 0.5) is 0 Å². The predicted molar refractivity (Wildman–Crippen MR) is 82.7 cm³/mol. The van der Waals surface area contributed by atoms with Crippen molar-refractivity contribution in [3.8, 4) is 0 Å². The van der Waals surface area contributed by atoms with E-state index in [1.165, 1.54) is 25.7 Å². The number of aliphatic hydroxyl groups excluding tert-OH is 1. The van der Waals surface area contributed by atoms with Gasteiger partial charge in [0.05, 0.1) is 17.8 Å². The van der Waals surface area contributed by atoms with E-state index in [1.54, 1.807) is 0 Å². The van der Waals surface area contributed by atoms with Crippen molar-refractivity contribution in [2.75, 3.05) is 0 Å². The summed E-state index contributed by atoms with van der Waals surface area (Å²) < 4.78 is 2.07. The van der Waals surface area contributed by atoms with Crippen molar-refractivity contribution in [1.29, 1.82) is 0 Å². The first kappa shape index (κ1) is 15.6. The number of hydrogen-bond donors (Lipinski definition) is 1. The lowest BCUT2D eigenvalue weighted by Gasteiger charge is -2.17. The Hall–Kier alpha value is -0.830. The summed E-state index contributed by atoms with van der Waals surface area (Å²) >= 11 is 0. The fourth-order valence-corrected chi connectivity index (χ4v) is 3.57. The summed E-state index contributed by atoms with van der Waals surface area (Å²) in [6.45, 7) is 6.66. The molecule has 3 nitrogen and oxygen atoms in total. The molecule has 114 valence electrons. The molecule has 1 aromatic rings. The highest BCUT2D eigenvalue weighted by molar-refractivity contribution is 5.02. The molecule has 1 N–H and O–H groups in total. The molecule has 3 heteroatoms. The van der Waals surface area contributed by atoms with Crippen LogP contribution in [0.5, 0.6) is 0 Å². The lowest BCUT2D eigenvalue weighted by molar-refractivity contribution is 0.107. The van der Waals surface area contributed by atoms with E-state index in [1.807, 2.05) is 0 Å². The Balaban J connectivity index is 1.90. The van der Waals surface area contributed by atoms with Crippen LogP contribution >= 0.6 is 0 Å². The molecule has 1 aromatic heterocycles. The Labute approximate surface area is 123 Å². The SMILES string of the molecule is CCC1CCC(C(O)Cc2ccn(C(CC)CC)n2)C1. The van der Waals surface area contributed by atoms with Crippen LogP contribution < -0.4 is 0 Å². The topological polar surface area (TPSA) is 38.0 Å². The molecule has 3 atom stereocenters. The predicted octanol–water partition coefficient (Wildman–Crippen LogP) is 3.97. The van der Waals surface area contributed by atoms with E-state index in [-0.39, 0.29) is 6.10 Å². The second-order valence-corrected chi connectivity index (χ2v) is 6.38. The molecule has 0 aromatic carbocycles. The van der Waals surface area contributed by atoms with Crippen molar-refractivity contribution in [1.82, 2.24) is 9.78 Å². The van der Waals surface area contributed by atoms with Gasteiger partial charge in [-0.1, -0.05) is 33.6 Å². The van der Waals surface area contributed by atoms with Crippen molar-refractivity contribution < 1.29 is 5.11 Å². The number of aromatic nitrogens is 2. The summed E-state index contributed by atoms with van der Waals surface area (Å²) in [5.74, 6) is 1.31. The molecule has 1 aliphatic rings. The Bertz CT molecular complexity index is 397. The third-order valence-corrected chi connectivity index (χ3v) is 5.10. The van der Waals surface area contributed by atoms with Gasteiger partial charge in [0.1, 0.15) is 0 Å². The zero-order valence-corrected chi connectivity index (χ0v) is 13.3. The molecule has 1 heterocycles. The second-order valence-electron chi connectivity index (χ2n) is 6.38. The highest BCUT2D eigenvalue weighted by atomic mass is 16.3. The van der Waals surface area contributed by atoms with E-state index in [4.69, 9.17) is 0 Å². The molecular weight excluding hydrogens is 248 g/mol. The third kappa shape index (κ3) is 3.63. The summed E-state index contributed by atoms with van der Waals surface area (Å²) in [4.78, 5) is 0. The number of aliphatic hydroxyl groups is 1. The summed E-state index contributed by atoms with van der Waals surface area (Å²) in [5.41, 5.74) is 1.05. The quantitative estimate of drug-likeness (QED) is 0.819. The summed E-state index contributed by atoms with van der Waals surface area (Å²) in [6, 6.07) is 2.57. The Morgan fingerprint density at radius 1 is 1.30 bits per heavy atom. The highest BCUT2D eigenvalue weighted by Gasteiger charge is 2.29. The van der Waals surface area contributed by atoms with Gasteiger partial charge in [-0.3, -0.25) is 4.68 Å². The fourth-order valence-electron chi connectivity index (χ4n) is 3.57. The van der Waals surface area contributed by atoms with Gasteiger partial charge in [0.2, 0.25) is 0 Å². The van der Waals surface area contributed by atoms with E-state index in [9.17, 15) is 5.11 Å². The molecule has 20 heavy (non-hydrogen) atoms. The largest absolute Gasteiger partial charge is 0.392 e. The number of rotatable bonds is 7. The zero-order chi connectivity index (χ0) is 14.5. The van der Waals surface area contributed by atoms with Crippen LogP contribution in [-0.2, 0) is 6.42 Å². The third-order valence-electron chi connectivity index (χ3n) is 5.10. The van der Waals surface area contributed by atoms with Gasteiger partial charge in [-0.05, 0) is 43.6 Å². The first-order chi connectivity index (χ1) is 9.67. The Morgan fingerprint density at radius 2 is 2.05 bits per heavy atom. The fraction of sp³-hybridized carbons (Fsp3) is 0.824. The Kier molecular flexibility index (Phi) is 5.64. The van der Waals surface area contributed by atoms with Gasteiger partial charge in [-0.15, -0.1) is 0 Å². The van der Waals surface area contributed by atoms with Gasteiger partial charge in [-0.25, -0.2) is 0 Å². The molecule has 0 aliphatic heterocycles. The van der Waals surface area contributed by atoms with Crippen LogP contribution in [0.15, 0.2) is 12.3 Å². The smallest absolute Gasteiger partial charge is 0.0650 e. The lowest BCUT2D eigenvalue weighted by Crippen LogP contribution is -2.21. The summed E-state index contributed by atoms with van der Waals surface area (Å²) in [6.07, 6.45) is 9.74. The van der Waals surface area contributed by atoms with E-state index in [2.05, 4.69) is 42.8 Å². The monoisotopic (exact) mass is 278 g/mol. The molecular formula is C17H30N2O. The molecule has 1 fully saturated rings. The molecule has 1 aliphatic carbocycles. The van der Waals surface area contributed by atoms with Crippen molar-refractivity contribution in [3.63, 3.8) is 0 Å². The maximum Gasteiger partial charge on any atom is 0.0650 e. The van der Waals surface area contributed by atoms with Gasteiger partial charge in [0.25, 0.3) is 0 Å². The van der Waals surface area contributed by atoms with Crippen molar-refractivity contribution in [3.05, 3.63) is 18.0 Å². The molecule has 0 amide bonds. The van der Waals surface area contributed by atoms with Crippen LogP contribution in [0, 0.1) is 11.8 Å². The van der Waals surface area contributed by atoms with Crippen LogP contribution in [-0.4, -0.2) is 21.0 Å². The maximum atomic E-state index is 10.4. The van der Waals surface area contributed by atoms with Crippen molar-refractivity contribution in [2.24, 2.45) is 11.8 Å². The van der Waals surface area contributed by atoms with E-state index in [0.717, 1.165) is 24.5 Å². The van der Waals surface area contributed by atoms with Crippen LogP contribution in [0.25, 0.3) is 0 Å². The van der Waals surface area contributed by atoms with Gasteiger partial charge in [0.15, 0.2) is 0 Å². The van der Waals surface area contributed by atoms with E-state index in [0.29, 0.717) is 18.4 Å². The van der Waals surface area contributed by atoms with Crippen molar-refractivity contribution in [2.45, 2.75) is 77.9 Å². The average Bonchev–Trinajstić information content (AvgIpc) is 3.09. The lowest BCUT2D eigenvalue weighted by atomic mass is 9.95. The minimum Gasteiger partial charge on any atom is -0.392 e. The molecule has 1 saturated carbocycles. The van der Waals surface area contributed by atoms with Crippen LogP contribution in [0.1, 0.15) is 71.0 Å². The van der Waals surface area contributed by atoms with Crippen LogP contribution in [0.3, 0.4) is 0 Å². The maximum absolute atomic E-state index is 10.4. The Morgan fingerprint density at radius 3 is 2.65 bits per heavy atom. The molecule has 0 bridgehead atoms. The molecule has 0 radical (unpaired) electrons. The number of nitrogens with zero attached hydrogens (tertiary/aromatic N) is 2. The van der Waals surface area contributed by atoms with Gasteiger partial charge in [-0.2, -0.15) is 5.10 Å². The van der Waals surface area contributed by atoms with Crippen LogP contribution in [0.2, 0.25) is 0 Å². The molecule has 2 rings (SSSR count). The van der Waals surface area contributed by atoms with Gasteiger partial charge >= 0.3 is 0 Å². The average molecular weight is 278 g/mol. The highest BCUT2D eigenvalue weighted by Crippen LogP contribution is 2.35. The standard InChI is InChI=1S/C17H30N2O/c1-4-13-7-8-14(11-13)17(20)12-15-9-10-19(18-15)16(5-2)6-3/h9-10,13-14,16-17,20H,4-8,11-12H2,1-3H3. The number of hydrogen-bond acceptors (Lipinski definition) is 2. The summed E-state index contributed by atoms with van der Waals surface area (Å²) in [7, 11) is 0. The summed E-state index contributed by atoms with van der Waals surface area (Å²) in [5, 5.41) is 15.1. The normalized spacial score (nSPS) is 24.4. The molecule has 0 saturated heterocycles. The van der Waals surface area contributed by atoms with E-state index >= 15 is 0 Å². The minimum atomic E-state index is -0.211. The van der Waals surface area contributed by atoms with Crippen molar-refractivity contribution >= 4 is 0 Å². The van der Waals surface area contributed by atoms with Gasteiger partial charge < -0.3 is 5.11 Å². The van der Waals surface area contributed by atoms with Gasteiger partial charge in [0, 0.05) is 12.6 Å². The van der Waals surface area contributed by atoms with E-state index < -0.39 is 0 Å². The molecule has 3 unspecified atom stereocenters. The minimum absolute atomic E-state index is 0.211. The first-order valence-electron chi connectivity index (χ1n) is 8.39.